The summed E-state index contributed by atoms with van der Waals surface area (Å²) in [6, 6.07) is 9.91. The molecular formula is C15H23NO2. The van der Waals surface area contributed by atoms with Gasteiger partial charge in [-0.25, -0.2) is 0 Å². The van der Waals surface area contributed by atoms with Gasteiger partial charge in [0.2, 0.25) is 5.91 Å². The zero-order valence-corrected chi connectivity index (χ0v) is 11.2. The first-order valence-corrected chi connectivity index (χ1v) is 6.69. The van der Waals surface area contributed by atoms with Gasteiger partial charge in [-0.1, -0.05) is 44.2 Å². The van der Waals surface area contributed by atoms with Crippen LogP contribution in [0.5, 0.6) is 0 Å². The Bertz CT molecular complexity index is 351. The third-order valence-corrected chi connectivity index (χ3v) is 3.24. The predicted molar refractivity (Wildman–Crippen MR) is 73.4 cm³/mol. The van der Waals surface area contributed by atoms with E-state index in [4.69, 9.17) is 5.11 Å². The van der Waals surface area contributed by atoms with Gasteiger partial charge in [0.25, 0.3) is 0 Å². The summed E-state index contributed by atoms with van der Waals surface area (Å²) in [5.74, 6) is -0.0389. The van der Waals surface area contributed by atoms with Crippen LogP contribution in [-0.2, 0) is 4.79 Å². The van der Waals surface area contributed by atoms with Gasteiger partial charge in [-0.2, -0.15) is 0 Å². The molecule has 0 aliphatic rings. The van der Waals surface area contributed by atoms with Crippen LogP contribution in [0.2, 0.25) is 0 Å². The maximum Gasteiger partial charge on any atom is 0.227 e. The number of hydrogen-bond donors (Lipinski definition) is 2. The van der Waals surface area contributed by atoms with Crippen molar-refractivity contribution in [2.24, 2.45) is 0 Å². The Morgan fingerprint density at radius 2 is 1.89 bits per heavy atom. The minimum absolute atomic E-state index is 0.0593. The number of aliphatic hydroxyl groups is 1. The third kappa shape index (κ3) is 4.15. The van der Waals surface area contributed by atoms with Crippen LogP contribution in [0.1, 0.15) is 44.6 Å². The highest BCUT2D eigenvalue weighted by atomic mass is 16.3. The Kier molecular flexibility index (Phi) is 6.44. The number of hydrogen-bond acceptors (Lipinski definition) is 2. The Morgan fingerprint density at radius 3 is 2.39 bits per heavy atom. The van der Waals surface area contributed by atoms with Crippen molar-refractivity contribution in [2.45, 2.75) is 45.1 Å². The van der Waals surface area contributed by atoms with E-state index < -0.39 is 0 Å². The summed E-state index contributed by atoms with van der Waals surface area (Å²) in [4.78, 5) is 12.2. The van der Waals surface area contributed by atoms with Gasteiger partial charge >= 0.3 is 0 Å². The van der Waals surface area contributed by atoms with Gasteiger partial charge in [-0.05, 0) is 24.8 Å². The van der Waals surface area contributed by atoms with Gasteiger partial charge in [0.15, 0.2) is 0 Å². The number of nitrogens with one attached hydrogen (secondary N) is 1. The molecule has 0 saturated heterocycles. The van der Waals surface area contributed by atoms with E-state index in [0.29, 0.717) is 6.42 Å². The van der Waals surface area contributed by atoms with E-state index in [1.54, 1.807) is 0 Å². The van der Waals surface area contributed by atoms with E-state index in [-0.39, 0.29) is 24.5 Å². The molecule has 0 bridgehead atoms. The highest BCUT2D eigenvalue weighted by Gasteiger charge is 2.20. The van der Waals surface area contributed by atoms with Gasteiger partial charge in [0, 0.05) is 12.6 Å². The fourth-order valence-electron chi connectivity index (χ4n) is 2.09. The SMILES string of the molecule is CC[C@@H](CCO)NC(=O)[C@@H](CC)c1ccccc1. The lowest BCUT2D eigenvalue weighted by Crippen LogP contribution is -2.38. The summed E-state index contributed by atoms with van der Waals surface area (Å²) in [7, 11) is 0. The lowest BCUT2D eigenvalue weighted by Gasteiger charge is -2.21. The normalized spacial score (nSPS) is 13.9. The minimum atomic E-state index is -0.0982. The lowest BCUT2D eigenvalue weighted by molar-refractivity contribution is -0.123. The van der Waals surface area contributed by atoms with Crippen molar-refractivity contribution in [1.82, 2.24) is 5.32 Å². The first-order valence-electron chi connectivity index (χ1n) is 6.69. The van der Waals surface area contributed by atoms with E-state index in [1.807, 2.05) is 44.2 Å². The molecule has 0 fully saturated rings. The monoisotopic (exact) mass is 249 g/mol. The maximum atomic E-state index is 12.2. The Labute approximate surface area is 109 Å². The van der Waals surface area contributed by atoms with E-state index in [9.17, 15) is 4.79 Å². The topological polar surface area (TPSA) is 49.3 Å². The summed E-state index contributed by atoms with van der Waals surface area (Å²) in [6.45, 7) is 4.15. The second-order valence-corrected chi connectivity index (χ2v) is 4.50. The quantitative estimate of drug-likeness (QED) is 0.780. The standard InChI is InChI=1S/C15H23NO2/c1-3-13(10-11-17)16-15(18)14(4-2)12-8-6-5-7-9-12/h5-9,13-14,17H,3-4,10-11H2,1-2H3,(H,16,18)/t13-,14-/m0/s1. The van der Waals surface area contributed by atoms with Crippen molar-refractivity contribution < 1.29 is 9.90 Å². The number of amides is 1. The molecule has 18 heavy (non-hydrogen) atoms. The van der Waals surface area contributed by atoms with Gasteiger partial charge in [-0.3, -0.25) is 4.79 Å². The molecule has 1 amide bonds. The Balaban J connectivity index is 2.68. The van der Waals surface area contributed by atoms with Crippen LogP contribution in [0, 0.1) is 0 Å². The molecule has 0 aromatic heterocycles. The molecule has 0 saturated carbocycles. The van der Waals surface area contributed by atoms with Crippen molar-refractivity contribution >= 4 is 5.91 Å². The van der Waals surface area contributed by atoms with E-state index >= 15 is 0 Å². The molecule has 2 atom stereocenters. The molecule has 100 valence electrons. The molecule has 0 aliphatic heterocycles. The molecule has 2 N–H and O–H groups in total. The van der Waals surface area contributed by atoms with E-state index in [1.165, 1.54) is 0 Å². The van der Waals surface area contributed by atoms with Gasteiger partial charge < -0.3 is 10.4 Å². The number of aliphatic hydroxyl groups excluding tert-OH is 1. The first-order chi connectivity index (χ1) is 8.72. The smallest absolute Gasteiger partial charge is 0.227 e. The zero-order chi connectivity index (χ0) is 13.4. The van der Waals surface area contributed by atoms with Crippen LogP contribution in [0.15, 0.2) is 30.3 Å². The molecule has 3 nitrogen and oxygen atoms in total. The lowest BCUT2D eigenvalue weighted by atomic mass is 9.95. The fourth-order valence-corrected chi connectivity index (χ4v) is 2.09. The average molecular weight is 249 g/mol. The van der Waals surface area contributed by atoms with Gasteiger partial charge in [0.1, 0.15) is 0 Å². The van der Waals surface area contributed by atoms with Crippen molar-refractivity contribution in [3.8, 4) is 0 Å². The Morgan fingerprint density at radius 1 is 1.22 bits per heavy atom. The summed E-state index contributed by atoms with van der Waals surface area (Å²) in [6.07, 6.45) is 2.25. The summed E-state index contributed by atoms with van der Waals surface area (Å²) in [5, 5.41) is 12.0. The van der Waals surface area contributed by atoms with Crippen molar-refractivity contribution in [1.29, 1.82) is 0 Å². The summed E-state index contributed by atoms with van der Waals surface area (Å²) >= 11 is 0. The van der Waals surface area contributed by atoms with Crippen LogP contribution in [-0.4, -0.2) is 23.7 Å². The van der Waals surface area contributed by atoms with Crippen LogP contribution in [0.4, 0.5) is 0 Å². The summed E-state index contributed by atoms with van der Waals surface area (Å²) < 4.78 is 0. The van der Waals surface area contributed by atoms with E-state index in [0.717, 1.165) is 18.4 Å². The highest BCUT2D eigenvalue weighted by Crippen LogP contribution is 2.19. The fraction of sp³-hybridized carbons (Fsp3) is 0.533. The molecule has 0 heterocycles. The largest absolute Gasteiger partial charge is 0.396 e. The molecule has 3 heteroatoms. The number of carbonyl (C=O) groups is 1. The van der Waals surface area contributed by atoms with E-state index in [2.05, 4.69) is 5.32 Å². The highest BCUT2D eigenvalue weighted by molar-refractivity contribution is 5.83. The van der Waals surface area contributed by atoms with Gasteiger partial charge in [0.05, 0.1) is 5.92 Å². The second-order valence-electron chi connectivity index (χ2n) is 4.50. The summed E-state index contributed by atoms with van der Waals surface area (Å²) in [5.41, 5.74) is 1.05. The predicted octanol–water partition coefficient (Wildman–Crippen LogP) is 2.46. The number of rotatable bonds is 7. The molecular weight excluding hydrogens is 226 g/mol. The van der Waals surface area contributed by atoms with Crippen LogP contribution >= 0.6 is 0 Å². The number of carbonyl (C=O) groups excluding carboxylic acids is 1. The number of benzene rings is 1. The molecule has 0 aliphatic carbocycles. The maximum absolute atomic E-state index is 12.2. The van der Waals surface area contributed by atoms with Crippen LogP contribution in [0.3, 0.4) is 0 Å². The molecule has 1 aromatic carbocycles. The van der Waals surface area contributed by atoms with Crippen molar-refractivity contribution in [3.63, 3.8) is 0 Å². The molecule has 0 spiro atoms. The first kappa shape index (κ1) is 14.7. The molecule has 1 aromatic rings. The zero-order valence-electron chi connectivity index (χ0n) is 11.2. The van der Waals surface area contributed by atoms with Crippen LogP contribution < -0.4 is 5.32 Å². The second kappa shape index (κ2) is 7.88. The Hall–Kier alpha value is -1.35. The molecule has 0 radical (unpaired) electrons. The van der Waals surface area contributed by atoms with Crippen molar-refractivity contribution in [2.75, 3.05) is 6.61 Å². The minimum Gasteiger partial charge on any atom is -0.396 e. The average Bonchev–Trinajstić information content (AvgIpc) is 2.40. The third-order valence-electron chi connectivity index (χ3n) is 3.24. The molecule has 0 unspecified atom stereocenters. The van der Waals surface area contributed by atoms with Crippen LogP contribution in [0.25, 0.3) is 0 Å². The molecule has 1 rings (SSSR count). The van der Waals surface area contributed by atoms with Gasteiger partial charge in [-0.15, -0.1) is 0 Å². The van der Waals surface area contributed by atoms with Crippen molar-refractivity contribution in [3.05, 3.63) is 35.9 Å².